The Hall–Kier alpha value is -1.00. The number of likely N-dealkylation sites (tertiary alicyclic amines) is 1. The predicted octanol–water partition coefficient (Wildman–Crippen LogP) is 2.34. The second-order valence-corrected chi connectivity index (χ2v) is 5.81. The Morgan fingerprint density at radius 2 is 2.28 bits per heavy atom. The maximum atomic E-state index is 5.62. The average Bonchev–Trinajstić information content (AvgIpc) is 2.34. The molecular weight excluding hydrogens is 242 g/mol. The fraction of sp³-hybridized carbons (Fsp3) is 0.571. The number of thiocarbonyl (C=S) groups is 1. The van der Waals surface area contributed by atoms with E-state index in [0.717, 1.165) is 18.2 Å². The number of piperidine rings is 1. The molecule has 1 fully saturated rings. The summed E-state index contributed by atoms with van der Waals surface area (Å²) in [6, 6.07) is 4.71. The maximum absolute atomic E-state index is 5.62. The van der Waals surface area contributed by atoms with E-state index < -0.39 is 0 Å². The summed E-state index contributed by atoms with van der Waals surface area (Å²) in [5, 5.41) is 0. The quantitative estimate of drug-likeness (QED) is 0.850. The van der Waals surface area contributed by atoms with E-state index in [1.807, 2.05) is 12.1 Å². The van der Waals surface area contributed by atoms with Crippen LogP contribution in [0.15, 0.2) is 18.3 Å². The highest BCUT2D eigenvalue weighted by Gasteiger charge is 2.22. The molecule has 4 heteroatoms. The smallest absolute Gasteiger partial charge is 0.122 e. The lowest BCUT2D eigenvalue weighted by Crippen LogP contribution is -2.40. The van der Waals surface area contributed by atoms with E-state index in [4.69, 9.17) is 18.0 Å². The second-order valence-electron chi connectivity index (χ2n) is 5.37. The summed E-state index contributed by atoms with van der Waals surface area (Å²) in [7, 11) is 0. The fourth-order valence-corrected chi connectivity index (χ4v) is 2.65. The van der Waals surface area contributed by atoms with Gasteiger partial charge in [0, 0.05) is 25.3 Å². The summed E-state index contributed by atoms with van der Waals surface area (Å²) in [4.78, 5) is 7.09. The molecule has 0 aliphatic carbocycles. The van der Waals surface area contributed by atoms with E-state index in [-0.39, 0.29) is 0 Å². The molecule has 2 N–H and O–H groups in total. The van der Waals surface area contributed by atoms with Crippen molar-refractivity contribution < 1.29 is 0 Å². The lowest BCUT2D eigenvalue weighted by atomic mass is 9.94. The normalized spacial score (nSPS) is 25.0. The molecule has 2 unspecified atom stereocenters. The number of hydrogen-bond acceptors (Lipinski definition) is 3. The minimum atomic E-state index is 0.372. The van der Waals surface area contributed by atoms with Crippen molar-refractivity contribution in [1.82, 2.24) is 9.88 Å². The van der Waals surface area contributed by atoms with Crippen LogP contribution in [0.4, 0.5) is 0 Å². The molecule has 0 radical (unpaired) electrons. The molecule has 98 valence electrons. The third-order valence-electron chi connectivity index (χ3n) is 3.71. The predicted molar refractivity (Wildman–Crippen MR) is 78.4 cm³/mol. The van der Waals surface area contributed by atoms with Crippen molar-refractivity contribution in [3.8, 4) is 0 Å². The van der Waals surface area contributed by atoms with E-state index in [1.165, 1.54) is 24.9 Å². The third kappa shape index (κ3) is 3.27. The molecule has 18 heavy (non-hydrogen) atoms. The van der Waals surface area contributed by atoms with Crippen molar-refractivity contribution >= 4 is 17.2 Å². The van der Waals surface area contributed by atoms with E-state index in [0.29, 0.717) is 11.0 Å². The summed E-state index contributed by atoms with van der Waals surface area (Å²) in [6.07, 6.45) is 4.42. The van der Waals surface area contributed by atoms with Crippen LogP contribution in [0.3, 0.4) is 0 Å². The van der Waals surface area contributed by atoms with Gasteiger partial charge in [0.05, 0.1) is 5.69 Å². The van der Waals surface area contributed by atoms with Crippen LogP contribution in [0.25, 0.3) is 0 Å². The van der Waals surface area contributed by atoms with E-state index in [9.17, 15) is 0 Å². The Labute approximate surface area is 114 Å². The van der Waals surface area contributed by atoms with E-state index in [1.54, 1.807) is 6.20 Å². The first-order valence-corrected chi connectivity index (χ1v) is 6.96. The van der Waals surface area contributed by atoms with E-state index >= 15 is 0 Å². The zero-order chi connectivity index (χ0) is 13.1. The Bertz CT molecular complexity index is 433. The topological polar surface area (TPSA) is 42.2 Å². The molecule has 1 aliphatic heterocycles. The molecule has 1 aliphatic rings. The molecule has 2 atom stereocenters. The van der Waals surface area contributed by atoms with Gasteiger partial charge in [-0.15, -0.1) is 0 Å². The summed E-state index contributed by atoms with van der Waals surface area (Å²) in [5.41, 5.74) is 7.59. The first-order chi connectivity index (χ1) is 8.56. The number of aromatic nitrogens is 1. The highest BCUT2D eigenvalue weighted by atomic mass is 32.1. The molecule has 3 nitrogen and oxygen atoms in total. The molecule has 1 aromatic heterocycles. The van der Waals surface area contributed by atoms with Gasteiger partial charge in [-0.2, -0.15) is 0 Å². The fourth-order valence-electron chi connectivity index (χ4n) is 2.54. The molecular formula is C14H21N3S. The molecule has 0 amide bonds. The van der Waals surface area contributed by atoms with Crippen LogP contribution in [0, 0.1) is 5.92 Å². The largest absolute Gasteiger partial charge is 0.388 e. The zero-order valence-electron chi connectivity index (χ0n) is 11.1. The van der Waals surface area contributed by atoms with Crippen molar-refractivity contribution in [2.75, 3.05) is 6.54 Å². The Balaban J connectivity index is 2.08. The molecule has 0 aromatic carbocycles. The van der Waals surface area contributed by atoms with Gasteiger partial charge < -0.3 is 5.73 Å². The lowest BCUT2D eigenvalue weighted by molar-refractivity contribution is 0.117. The lowest BCUT2D eigenvalue weighted by Gasteiger charge is -2.36. The van der Waals surface area contributed by atoms with Gasteiger partial charge in [0.2, 0.25) is 0 Å². The van der Waals surface area contributed by atoms with Crippen molar-refractivity contribution in [3.63, 3.8) is 0 Å². The molecule has 2 rings (SSSR count). The number of hydrogen-bond donors (Lipinski definition) is 1. The van der Waals surface area contributed by atoms with Gasteiger partial charge in [-0.1, -0.05) is 19.1 Å². The number of nitrogens with zero attached hydrogens (tertiary/aromatic N) is 2. The molecule has 1 saturated heterocycles. The standard InChI is InChI=1S/C14H21N3S/c1-10-3-4-11(2)17(8-10)9-12-5-6-16-13(7-12)14(15)18/h5-7,10-11H,3-4,8-9H2,1-2H3,(H2,15,18). The zero-order valence-corrected chi connectivity index (χ0v) is 11.9. The van der Waals surface area contributed by atoms with Crippen molar-refractivity contribution in [1.29, 1.82) is 0 Å². The molecule has 0 bridgehead atoms. The summed E-state index contributed by atoms with van der Waals surface area (Å²) in [5.74, 6) is 0.790. The number of nitrogens with two attached hydrogens (primary N) is 1. The van der Waals surface area contributed by atoms with Gasteiger partial charge in [-0.25, -0.2) is 0 Å². The van der Waals surface area contributed by atoms with Gasteiger partial charge in [-0.05, 0) is 43.4 Å². The van der Waals surface area contributed by atoms with Crippen LogP contribution in [-0.2, 0) is 6.54 Å². The highest BCUT2D eigenvalue weighted by molar-refractivity contribution is 7.80. The van der Waals surface area contributed by atoms with Gasteiger partial charge in [0.15, 0.2) is 0 Å². The van der Waals surface area contributed by atoms with Gasteiger partial charge in [0.25, 0.3) is 0 Å². The minimum absolute atomic E-state index is 0.372. The first kappa shape index (κ1) is 13.4. The van der Waals surface area contributed by atoms with Crippen molar-refractivity contribution in [3.05, 3.63) is 29.6 Å². The second kappa shape index (κ2) is 5.76. The monoisotopic (exact) mass is 263 g/mol. The summed E-state index contributed by atoms with van der Waals surface area (Å²) < 4.78 is 0. The Kier molecular flexibility index (Phi) is 4.30. The van der Waals surface area contributed by atoms with Gasteiger partial charge >= 0.3 is 0 Å². The van der Waals surface area contributed by atoms with Gasteiger partial charge in [0.1, 0.15) is 4.99 Å². The molecule has 0 spiro atoms. The molecule has 0 saturated carbocycles. The Morgan fingerprint density at radius 3 is 3.00 bits per heavy atom. The maximum Gasteiger partial charge on any atom is 0.122 e. The third-order valence-corrected chi connectivity index (χ3v) is 3.92. The van der Waals surface area contributed by atoms with Crippen molar-refractivity contribution in [2.24, 2.45) is 11.7 Å². The van der Waals surface area contributed by atoms with E-state index in [2.05, 4.69) is 23.7 Å². The van der Waals surface area contributed by atoms with Crippen LogP contribution < -0.4 is 5.73 Å². The Morgan fingerprint density at radius 1 is 1.50 bits per heavy atom. The van der Waals surface area contributed by atoms with Crippen LogP contribution in [0.2, 0.25) is 0 Å². The average molecular weight is 263 g/mol. The summed E-state index contributed by atoms with van der Waals surface area (Å²) >= 11 is 4.97. The molecule has 1 aromatic rings. The molecule has 2 heterocycles. The summed E-state index contributed by atoms with van der Waals surface area (Å²) in [6.45, 7) is 6.77. The van der Waals surface area contributed by atoms with Crippen molar-refractivity contribution in [2.45, 2.75) is 39.3 Å². The SMILES string of the molecule is CC1CCC(C)N(Cc2ccnc(C(N)=S)c2)C1. The van der Waals surface area contributed by atoms with Gasteiger partial charge in [-0.3, -0.25) is 9.88 Å². The number of pyridine rings is 1. The first-order valence-electron chi connectivity index (χ1n) is 6.55. The highest BCUT2D eigenvalue weighted by Crippen LogP contribution is 2.23. The minimum Gasteiger partial charge on any atom is -0.388 e. The van der Waals surface area contributed by atoms with Crippen LogP contribution in [-0.4, -0.2) is 27.5 Å². The number of rotatable bonds is 3. The van der Waals surface area contributed by atoms with Crippen LogP contribution in [0.1, 0.15) is 37.9 Å². The van der Waals surface area contributed by atoms with Crippen LogP contribution >= 0.6 is 12.2 Å². The van der Waals surface area contributed by atoms with Crippen LogP contribution in [0.5, 0.6) is 0 Å².